The lowest BCUT2D eigenvalue weighted by molar-refractivity contribution is -0.113. The minimum atomic E-state index is -0.343. The van der Waals surface area contributed by atoms with Crippen LogP contribution < -0.4 is 11.1 Å². The fourth-order valence-corrected chi connectivity index (χ4v) is 2.55. The van der Waals surface area contributed by atoms with Gasteiger partial charge in [-0.05, 0) is 42.5 Å². The molecule has 0 atom stereocenters. The SMILES string of the molecule is Nc1ccc(Cl)cc1SCC(=O)Nc1ccc(F)cc1. The van der Waals surface area contributed by atoms with Crippen molar-refractivity contribution in [2.45, 2.75) is 4.90 Å². The van der Waals surface area contributed by atoms with Gasteiger partial charge in [-0.25, -0.2) is 4.39 Å². The van der Waals surface area contributed by atoms with Crippen LogP contribution in [0.2, 0.25) is 5.02 Å². The van der Waals surface area contributed by atoms with Crippen molar-refractivity contribution in [1.29, 1.82) is 0 Å². The molecule has 6 heteroatoms. The van der Waals surface area contributed by atoms with Crippen LogP contribution in [0.15, 0.2) is 47.4 Å². The molecule has 0 spiro atoms. The van der Waals surface area contributed by atoms with E-state index in [1.165, 1.54) is 36.0 Å². The Balaban J connectivity index is 1.92. The number of anilines is 2. The average Bonchev–Trinajstić information content (AvgIpc) is 2.42. The maximum atomic E-state index is 12.7. The zero-order valence-corrected chi connectivity index (χ0v) is 12.0. The number of carbonyl (C=O) groups is 1. The highest BCUT2D eigenvalue weighted by Crippen LogP contribution is 2.28. The van der Waals surface area contributed by atoms with E-state index in [4.69, 9.17) is 17.3 Å². The van der Waals surface area contributed by atoms with Crippen molar-refractivity contribution in [3.8, 4) is 0 Å². The Morgan fingerprint density at radius 1 is 1.25 bits per heavy atom. The first kappa shape index (κ1) is 14.7. The van der Waals surface area contributed by atoms with Crippen molar-refractivity contribution in [2.24, 2.45) is 0 Å². The van der Waals surface area contributed by atoms with Crippen LogP contribution in [0.3, 0.4) is 0 Å². The van der Waals surface area contributed by atoms with Crippen LogP contribution in [0, 0.1) is 5.82 Å². The van der Waals surface area contributed by atoms with Crippen LogP contribution in [0.4, 0.5) is 15.8 Å². The summed E-state index contributed by atoms with van der Waals surface area (Å²) in [5.41, 5.74) is 6.92. The number of rotatable bonds is 4. The molecule has 1 amide bonds. The second kappa shape index (κ2) is 6.63. The lowest BCUT2D eigenvalue weighted by atomic mass is 10.3. The Hall–Kier alpha value is -1.72. The van der Waals surface area contributed by atoms with Crippen LogP contribution in [0.25, 0.3) is 0 Å². The zero-order chi connectivity index (χ0) is 14.5. The quantitative estimate of drug-likeness (QED) is 0.667. The number of amides is 1. The zero-order valence-electron chi connectivity index (χ0n) is 10.4. The van der Waals surface area contributed by atoms with E-state index < -0.39 is 0 Å². The van der Waals surface area contributed by atoms with Crippen LogP contribution in [0.1, 0.15) is 0 Å². The molecular weight excluding hydrogens is 299 g/mol. The molecule has 0 radical (unpaired) electrons. The third kappa shape index (κ3) is 4.15. The maximum Gasteiger partial charge on any atom is 0.234 e. The third-order valence-corrected chi connectivity index (χ3v) is 3.77. The van der Waals surface area contributed by atoms with Gasteiger partial charge in [-0.15, -0.1) is 11.8 Å². The van der Waals surface area contributed by atoms with Crippen molar-refractivity contribution in [3.63, 3.8) is 0 Å². The first-order valence-electron chi connectivity index (χ1n) is 5.78. The number of halogens is 2. The fourth-order valence-electron chi connectivity index (χ4n) is 1.51. The molecule has 0 fully saturated rings. The number of hydrogen-bond donors (Lipinski definition) is 2. The predicted octanol–water partition coefficient (Wildman–Crippen LogP) is 3.79. The summed E-state index contributed by atoms with van der Waals surface area (Å²) in [7, 11) is 0. The normalized spacial score (nSPS) is 10.3. The Morgan fingerprint density at radius 3 is 2.65 bits per heavy atom. The summed E-state index contributed by atoms with van der Waals surface area (Å²) in [6, 6.07) is 10.7. The van der Waals surface area contributed by atoms with Gasteiger partial charge in [0.25, 0.3) is 0 Å². The first-order chi connectivity index (χ1) is 9.54. The molecule has 0 bridgehead atoms. The van der Waals surface area contributed by atoms with E-state index in [2.05, 4.69) is 5.32 Å². The number of nitrogen functional groups attached to an aromatic ring is 1. The predicted molar refractivity (Wildman–Crippen MR) is 81.6 cm³/mol. The van der Waals surface area contributed by atoms with E-state index in [0.717, 1.165) is 4.90 Å². The fraction of sp³-hybridized carbons (Fsp3) is 0.0714. The molecule has 2 aromatic rings. The van der Waals surface area contributed by atoms with Gasteiger partial charge in [0.1, 0.15) is 5.82 Å². The van der Waals surface area contributed by atoms with Crippen molar-refractivity contribution in [2.75, 3.05) is 16.8 Å². The molecule has 0 heterocycles. The summed E-state index contributed by atoms with van der Waals surface area (Å²) < 4.78 is 12.7. The minimum Gasteiger partial charge on any atom is -0.398 e. The number of nitrogens with one attached hydrogen (secondary N) is 1. The lowest BCUT2D eigenvalue weighted by Crippen LogP contribution is -2.14. The second-order valence-corrected chi connectivity index (χ2v) is 5.48. The number of benzene rings is 2. The van der Waals surface area contributed by atoms with E-state index >= 15 is 0 Å². The molecular formula is C14H12ClFN2OS. The van der Waals surface area contributed by atoms with Gasteiger partial charge in [0.2, 0.25) is 5.91 Å². The van der Waals surface area contributed by atoms with Gasteiger partial charge in [0.05, 0.1) is 5.75 Å². The molecule has 0 aromatic heterocycles. The van der Waals surface area contributed by atoms with Crippen molar-refractivity contribution < 1.29 is 9.18 Å². The van der Waals surface area contributed by atoms with E-state index in [1.807, 2.05) is 0 Å². The van der Waals surface area contributed by atoms with Gasteiger partial charge in [-0.2, -0.15) is 0 Å². The van der Waals surface area contributed by atoms with Gasteiger partial charge in [-0.1, -0.05) is 11.6 Å². The van der Waals surface area contributed by atoms with Crippen LogP contribution >= 0.6 is 23.4 Å². The minimum absolute atomic E-state index is 0.194. The number of nitrogens with two attached hydrogens (primary N) is 1. The largest absolute Gasteiger partial charge is 0.398 e. The molecule has 104 valence electrons. The van der Waals surface area contributed by atoms with Gasteiger partial charge in [-0.3, -0.25) is 4.79 Å². The Bertz CT molecular complexity index is 619. The van der Waals surface area contributed by atoms with Gasteiger partial charge in [0, 0.05) is 21.3 Å². The highest BCUT2D eigenvalue weighted by atomic mass is 35.5. The van der Waals surface area contributed by atoms with Crippen molar-refractivity contribution in [1.82, 2.24) is 0 Å². The lowest BCUT2D eigenvalue weighted by Gasteiger charge is -2.07. The van der Waals surface area contributed by atoms with Crippen molar-refractivity contribution in [3.05, 3.63) is 53.3 Å². The molecule has 0 aliphatic rings. The number of carbonyl (C=O) groups excluding carboxylic acids is 1. The highest BCUT2D eigenvalue weighted by Gasteiger charge is 2.06. The third-order valence-electron chi connectivity index (χ3n) is 2.46. The summed E-state index contributed by atoms with van der Waals surface area (Å²) in [5, 5.41) is 3.24. The van der Waals surface area contributed by atoms with Gasteiger partial charge < -0.3 is 11.1 Å². The molecule has 0 aliphatic carbocycles. The van der Waals surface area contributed by atoms with E-state index in [0.29, 0.717) is 16.4 Å². The van der Waals surface area contributed by atoms with Crippen LogP contribution in [0.5, 0.6) is 0 Å². The summed E-state index contributed by atoms with van der Waals surface area (Å²) in [4.78, 5) is 12.5. The van der Waals surface area contributed by atoms with Gasteiger partial charge >= 0.3 is 0 Å². The highest BCUT2D eigenvalue weighted by molar-refractivity contribution is 8.00. The molecule has 2 rings (SSSR count). The number of hydrogen-bond acceptors (Lipinski definition) is 3. The molecule has 20 heavy (non-hydrogen) atoms. The van der Waals surface area contributed by atoms with E-state index in [1.54, 1.807) is 18.2 Å². The smallest absolute Gasteiger partial charge is 0.234 e. The van der Waals surface area contributed by atoms with Crippen molar-refractivity contribution >= 4 is 40.6 Å². The van der Waals surface area contributed by atoms with E-state index in [9.17, 15) is 9.18 Å². The second-order valence-electron chi connectivity index (χ2n) is 4.03. The summed E-state index contributed by atoms with van der Waals surface area (Å²) >= 11 is 7.17. The Morgan fingerprint density at radius 2 is 1.95 bits per heavy atom. The summed E-state index contributed by atoms with van der Waals surface area (Å²) in [6.45, 7) is 0. The topological polar surface area (TPSA) is 55.1 Å². The molecule has 3 N–H and O–H groups in total. The Labute approximate surface area is 125 Å². The molecule has 0 aliphatic heterocycles. The monoisotopic (exact) mass is 310 g/mol. The van der Waals surface area contributed by atoms with Gasteiger partial charge in [0.15, 0.2) is 0 Å². The molecule has 0 saturated heterocycles. The van der Waals surface area contributed by atoms with Crippen LogP contribution in [-0.2, 0) is 4.79 Å². The first-order valence-corrected chi connectivity index (χ1v) is 7.14. The molecule has 3 nitrogen and oxygen atoms in total. The Kier molecular flexibility index (Phi) is 4.87. The number of thioether (sulfide) groups is 1. The molecule has 2 aromatic carbocycles. The maximum absolute atomic E-state index is 12.7. The molecule has 0 unspecified atom stereocenters. The average molecular weight is 311 g/mol. The standard InChI is InChI=1S/C14H12ClFN2OS/c15-9-1-6-12(17)13(7-9)20-8-14(19)18-11-4-2-10(16)3-5-11/h1-7H,8,17H2,(H,18,19). The summed E-state index contributed by atoms with van der Waals surface area (Å²) in [6.07, 6.45) is 0. The van der Waals surface area contributed by atoms with E-state index in [-0.39, 0.29) is 17.5 Å². The van der Waals surface area contributed by atoms with Crippen LogP contribution in [-0.4, -0.2) is 11.7 Å². The molecule has 0 saturated carbocycles. The summed E-state index contributed by atoms with van der Waals surface area (Å²) in [5.74, 6) is -0.341.